The van der Waals surface area contributed by atoms with Gasteiger partial charge in [-0.15, -0.1) is 0 Å². The highest BCUT2D eigenvalue weighted by molar-refractivity contribution is 6.07. The van der Waals surface area contributed by atoms with Crippen LogP contribution in [0.15, 0.2) is 84.9 Å². The van der Waals surface area contributed by atoms with Crippen LogP contribution in [0, 0.1) is 13.8 Å². The number of carboxylic acid groups (broad SMARTS) is 1. The minimum absolute atomic E-state index is 0.0368. The largest absolute Gasteiger partial charge is 0.480 e. The summed E-state index contributed by atoms with van der Waals surface area (Å²) in [5.41, 5.74) is 11.2. The Kier molecular flexibility index (Phi) is 9.45. The van der Waals surface area contributed by atoms with Crippen molar-refractivity contribution >= 4 is 67.0 Å². The van der Waals surface area contributed by atoms with Crippen LogP contribution in [-0.2, 0) is 32.0 Å². The Hall–Kier alpha value is -5.94. The highest BCUT2D eigenvalue weighted by Crippen LogP contribution is 2.28. The second-order valence-corrected chi connectivity index (χ2v) is 12.2. The lowest BCUT2D eigenvalue weighted by molar-refractivity contribution is -0.141. The van der Waals surface area contributed by atoms with Crippen LogP contribution in [0.3, 0.4) is 0 Å². The van der Waals surface area contributed by atoms with Gasteiger partial charge in [0.15, 0.2) is 0 Å². The zero-order valence-electron chi connectivity index (χ0n) is 27.1. The van der Waals surface area contributed by atoms with Crippen molar-refractivity contribution < 1.29 is 24.3 Å². The minimum Gasteiger partial charge on any atom is -0.480 e. The summed E-state index contributed by atoms with van der Waals surface area (Å²) in [4.78, 5) is 59.1. The van der Waals surface area contributed by atoms with E-state index in [1.54, 1.807) is 0 Å². The van der Waals surface area contributed by atoms with Gasteiger partial charge in [-0.2, -0.15) is 0 Å². The number of aryl methyl sites for hydroxylation is 2. The number of hydrogen-bond donors (Lipinski definition) is 5. The molecule has 0 aliphatic rings. The molecule has 0 aliphatic carbocycles. The number of nitrogens with two attached hydrogens (primary N) is 1. The number of nitrogens with one attached hydrogen (secondary N) is 3. The summed E-state index contributed by atoms with van der Waals surface area (Å²) in [5, 5.41) is 23.2. The molecule has 0 saturated heterocycles. The Morgan fingerprint density at radius 2 is 1.20 bits per heavy atom. The number of fused-ring (bicyclic) bond motifs is 6. The number of carboxylic acids is 1. The molecule has 0 fully saturated rings. The number of nitrogens with zero attached hydrogens (tertiary/aromatic N) is 2. The molecule has 6 aromatic rings. The standard InChI is InChI=1S/C38H36N6O5/c1-21-25-13-11-23(16-30(25)28-8-4-6-10-33(28)42-21)17-31(39)37(47)41-19-35(45)40-20-36(46)44-34(38(48)49)18-24-12-14-26-27-7-3-5-9-32(27)43-22(2)29(26)15-24/h3-16,31,34H,17-20,39H2,1-2H3,(H,40,45)(H,41,47)(H,44,46)(H,48,49)/t31-,34+/m1/s1. The first-order valence-corrected chi connectivity index (χ1v) is 16.0. The van der Waals surface area contributed by atoms with E-state index in [1.165, 1.54) is 0 Å². The van der Waals surface area contributed by atoms with Crippen LogP contribution in [0.5, 0.6) is 0 Å². The van der Waals surface area contributed by atoms with Crippen LogP contribution in [0.25, 0.3) is 43.4 Å². The van der Waals surface area contributed by atoms with E-state index in [4.69, 9.17) is 5.73 Å². The van der Waals surface area contributed by atoms with Crippen molar-refractivity contribution in [3.05, 3.63) is 107 Å². The number of amides is 3. The molecule has 11 heteroatoms. The first-order chi connectivity index (χ1) is 23.6. The molecule has 49 heavy (non-hydrogen) atoms. The number of rotatable bonds is 11. The number of para-hydroxylation sites is 2. The van der Waals surface area contributed by atoms with E-state index in [0.29, 0.717) is 5.56 Å². The summed E-state index contributed by atoms with van der Waals surface area (Å²) >= 11 is 0. The number of benzene rings is 4. The van der Waals surface area contributed by atoms with Crippen molar-refractivity contribution in [3.63, 3.8) is 0 Å². The van der Waals surface area contributed by atoms with Gasteiger partial charge in [0.05, 0.1) is 30.2 Å². The molecule has 0 unspecified atom stereocenters. The van der Waals surface area contributed by atoms with Crippen molar-refractivity contribution in [2.75, 3.05) is 13.1 Å². The molecule has 0 bridgehead atoms. The van der Waals surface area contributed by atoms with Gasteiger partial charge in [-0.3, -0.25) is 24.4 Å². The highest BCUT2D eigenvalue weighted by Gasteiger charge is 2.22. The summed E-state index contributed by atoms with van der Waals surface area (Å²) in [6.45, 7) is 3.00. The lowest BCUT2D eigenvalue weighted by Gasteiger charge is -2.16. The van der Waals surface area contributed by atoms with E-state index < -0.39 is 48.9 Å². The summed E-state index contributed by atoms with van der Waals surface area (Å²) in [7, 11) is 0. The maximum atomic E-state index is 12.7. The van der Waals surface area contributed by atoms with E-state index in [2.05, 4.69) is 25.9 Å². The molecule has 0 radical (unpaired) electrons. The third-order valence-corrected chi connectivity index (χ3v) is 8.65. The van der Waals surface area contributed by atoms with Gasteiger partial charge in [0, 0.05) is 39.4 Å². The van der Waals surface area contributed by atoms with E-state index in [9.17, 15) is 24.3 Å². The quantitative estimate of drug-likeness (QED) is 0.131. The van der Waals surface area contributed by atoms with Gasteiger partial charge >= 0.3 is 5.97 Å². The molecule has 6 N–H and O–H groups in total. The van der Waals surface area contributed by atoms with Gasteiger partial charge < -0.3 is 26.8 Å². The number of hydrogen-bond acceptors (Lipinski definition) is 7. The first-order valence-electron chi connectivity index (χ1n) is 16.0. The molecular weight excluding hydrogens is 620 g/mol. The van der Waals surface area contributed by atoms with Crippen molar-refractivity contribution in [1.29, 1.82) is 0 Å². The van der Waals surface area contributed by atoms with Crippen LogP contribution in [0.2, 0.25) is 0 Å². The second kappa shape index (κ2) is 14.0. The van der Waals surface area contributed by atoms with Gasteiger partial charge in [0.1, 0.15) is 6.04 Å². The fraction of sp³-hybridized carbons (Fsp3) is 0.211. The highest BCUT2D eigenvalue weighted by atomic mass is 16.4. The van der Waals surface area contributed by atoms with Gasteiger partial charge in [0.25, 0.3) is 0 Å². The maximum Gasteiger partial charge on any atom is 0.326 e. The fourth-order valence-electron chi connectivity index (χ4n) is 6.16. The van der Waals surface area contributed by atoms with Crippen molar-refractivity contribution in [2.24, 2.45) is 5.73 Å². The van der Waals surface area contributed by atoms with Crippen LogP contribution in [0.4, 0.5) is 0 Å². The Balaban J connectivity index is 0.998. The number of aliphatic carboxylic acids is 1. The van der Waals surface area contributed by atoms with Crippen molar-refractivity contribution in [1.82, 2.24) is 25.9 Å². The molecule has 6 rings (SSSR count). The van der Waals surface area contributed by atoms with Crippen LogP contribution in [-0.4, -0.2) is 63.9 Å². The summed E-state index contributed by atoms with van der Waals surface area (Å²) < 4.78 is 0. The summed E-state index contributed by atoms with van der Waals surface area (Å²) in [6, 6.07) is 25.1. The molecule has 0 spiro atoms. The lowest BCUT2D eigenvalue weighted by atomic mass is 9.98. The third kappa shape index (κ3) is 7.31. The second-order valence-electron chi connectivity index (χ2n) is 12.2. The Bertz CT molecular complexity index is 2270. The normalized spacial score (nSPS) is 12.6. The first kappa shape index (κ1) is 33.0. The van der Waals surface area contributed by atoms with Crippen LogP contribution in [0.1, 0.15) is 22.5 Å². The lowest BCUT2D eigenvalue weighted by Crippen LogP contribution is -2.49. The molecule has 248 valence electrons. The van der Waals surface area contributed by atoms with E-state index in [1.807, 2.05) is 98.8 Å². The Labute approximate surface area is 281 Å². The number of aromatic nitrogens is 2. The molecule has 4 aromatic carbocycles. The molecule has 11 nitrogen and oxygen atoms in total. The SMILES string of the molecule is Cc1nc2ccccc2c2ccc(C[C@H](NC(=O)CNC(=O)CNC(=O)[C@H](N)Cc3ccc4c(C)nc5ccccc5c4c3)C(=O)O)cc12. The Morgan fingerprint density at radius 1 is 0.653 bits per heavy atom. The number of carbonyl (C=O) groups excluding carboxylic acids is 3. The fourth-order valence-corrected chi connectivity index (χ4v) is 6.16. The summed E-state index contributed by atoms with van der Waals surface area (Å²) in [6.07, 6.45) is 0.289. The number of carbonyl (C=O) groups is 4. The van der Waals surface area contributed by atoms with Gasteiger partial charge in [-0.05, 0) is 60.4 Å². The maximum absolute atomic E-state index is 12.7. The van der Waals surface area contributed by atoms with Crippen LogP contribution < -0.4 is 21.7 Å². The van der Waals surface area contributed by atoms with Crippen LogP contribution >= 0.6 is 0 Å². The van der Waals surface area contributed by atoms with Gasteiger partial charge in [0.2, 0.25) is 17.7 Å². The molecule has 2 heterocycles. The zero-order chi connectivity index (χ0) is 34.7. The van der Waals surface area contributed by atoms with E-state index in [-0.39, 0.29) is 12.8 Å². The minimum atomic E-state index is -1.22. The van der Waals surface area contributed by atoms with E-state index in [0.717, 1.165) is 60.3 Å². The van der Waals surface area contributed by atoms with Crippen molar-refractivity contribution in [3.8, 4) is 0 Å². The molecule has 0 saturated carbocycles. The molecule has 2 atom stereocenters. The third-order valence-electron chi connectivity index (χ3n) is 8.65. The number of pyridine rings is 2. The van der Waals surface area contributed by atoms with Gasteiger partial charge in [-0.1, -0.05) is 66.7 Å². The van der Waals surface area contributed by atoms with Crippen molar-refractivity contribution in [2.45, 2.75) is 38.8 Å². The average molecular weight is 657 g/mol. The predicted octanol–water partition coefficient (Wildman–Crippen LogP) is 3.62. The van der Waals surface area contributed by atoms with Gasteiger partial charge in [-0.25, -0.2) is 4.79 Å². The monoisotopic (exact) mass is 656 g/mol. The smallest absolute Gasteiger partial charge is 0.326 e. The molecular formula is C38H36N6O5. The van der Waals surface area contributed by atoms with E-state index >= 15 is 0 Å². The molecule has 0 aliphatic heterocycles. The predicted molar refractivity (Wildman–Crippen MR) is 189 cm³/mol. The Morgan fingerprint density at radius 3 is 1.88 bits per heavy atom. The zero-order valence-corrected chi connectivity index (χ0v) is 27.1. The molecule has 2 aromatic heterocycles. The summed E-state index contributed by atoms with van der Waals surface area (Å²) in [5.74, 6) is -3.02. The topological polar surface area (TPSA) is 176 Å². The average Bonchev–Trinajstić information content (AvgIpc) is 3.09. The molecule has 3 amide bonds.